The number of halogens is 1. The minimum atomic E-state index is -0.216. The molecule has 0 aliphatic rings. The van der Waals surface area contributed by atoms with Crippen molar-refractivity contribution in [3.05, 3.63) is 70.3 Å². The molecule has 0 aliphatic carbocycles. The van der Waals surface area contributed by atoms with Gasteiger partial charge in [0.1, 0.15) is 0 Å². The van der Waals surface area contributed by atoms with Crippen molar-refractivity contribution in [2.45, 2.75) is 26.9 Å². The van der Waals surface area contributed by atoms with Gasteiger partial charge in [0, 0.05) is 18.1 Å². The Morgan fingerprint density at radius 3 is 2.78 bits per heavy atom. The van der Waals surface area contributed by atoms with E-state index in [4.69, 9.17) is 11.6 Å². The number of carbonyl (C=O) groups excluding carboxylic acids is 1. The lowest BCUT2D eigenvalue weighted by Crippen LogP contribution is -2.31. The summed E-state index contributed by atoms with van der Waals surface area (Å²) in [5.41, 5.74) is 3.54. The summed E-state index contributed by atoms with van der Waals surface area (Å²) >= 11 is 7.40. The zero-order chi connectivity index (χ0) is 19.4. The number of hydrogen-bond acceptors (Lipinski definition) is 6. The molecule has 0 unspecified atom stereocenters. The van der Waals surface area contributed by atoms with Gasteiger partial charge in [-0.05, 0) is 25.5 Å². The van der Waals surface area contributed by atoms with Crippen LogP contribution in [0.4, 0.5) is 0 Å². The number of rotatable bonds is 7. The second-order valence-corrected chi connectivity index (χ2v) is 6.98. The van der Waals surface area contributed by atoms with E-state index in [0.717, 1.165) is 28.7 Å². The normalized spacial score (nSPS) is 10.8. The van der Waals surface area contributed by atoms with Crippen molar-refractivity contribution in [3.8, 4) is 0 Å². The molecule has 7 nitrogen and oxygen atoms in total. The third kappa shape index (κ3) is 4.23. The number of hydrogen-bond donors (Lipinski definition) is 0. The Kier molecular flexibility index (Phi) is 5.98. The molecule has 0 fully saturated rings. The van der Waals surface area contributed by atoms with E-state index in [2.05, 4.69) is 25.6 Å². The first-order chi connectivity index (χ1) is 13.0. The molecule has 2 aromatic heterocycles. The van der Waals surface area contributed by atoms with Gasteiger partial charge in [-0.25, -0.2) is 4.68 Å². The van der Waals surface area contributed by atoms with Crippen LogP contribution in [0.15, 0.2) is 36.9 Å². The van der Waals surface area contributed by atoms with E-state index in [9.17, 15) is 4.79 Å². The summed E-state index contributed by atoms with van der Waals surface area (Å²) in [5, 5.41) is 8.84. The number of aromatic nitrogens is 5. The minimum Gasteiger partial charge on any atom is -0.329 e. The summed E-state index contributed by atoms with van der Waals surface area (Å²) in [4.78, 5) is 14.7. The highest BCUT2D eigenvalue weighted by Gasteiger charge is 2.23. The van der Waals surface area contributed by atoms with Crippen molar-refractivity contribution in [2.24, 2.45) is 0 Å². The zero-order valence-electron chi connectivity index (χ0n) is 15.1. The molecule has 0 spiro atoms. The maximum Gasteiger partial charge on any atom is 0.276 e. The maximum absolute atomic E-state index is 13.0. The fraction of sp³-hybridized carbons (Fsp3) is 0.278. The van der Waals surface area contributed by atoms with Gasteiger partial charge in [-0.2, -0.15) is 8.75 Å². The van der Waals surface area contributed by atoms with Gasteiger partial charge in [-0.15, -0.1) is 11.7 Å². The molecule has 140 valence electrons. The minimum absolute atomic E-state index is 0.216. The quantitative estimate of drug-likeness (QED) is 0.567. The highest BCUT2D eigenvalue weighted by atomic mass is 35.5. The number of carbonyl (C=O) groups is 1. The standard InChI is InChI=1S/C18H19ClN6OS/c1-4-9-24(10-14-7-5-6-8-15(14)19)18(26)17-13(3)25(23-20-17)11-16-12(2)21-27-22-16/h4-8H,1,9-11H2,2-3H3. The van der Waals surface area contributed by atoms with Crippen LogP contribution in [-0.2, 0) is 13.1 Å². The number of amides is 1. The molecule has 0 N–H and O–H groups in total. The van der Waals surface area contributed by atoms with Crippen molar-refractivity contribution in [3.63, 3.8) is 0 Å². The van der Waals surface area contributed by atoms with E-state index in [0.29, 0.717) is 36.0 Å². The van der Waals surface area contributed by atoms with Gasteiger partial charge in [-0.3, -0.25) is 4.79 Å². The van der Waals surface area contributed by atoms with Crippen LogP contribution in [0, 0.1) is 13.8 Å². The third-order valence-corrected chi connectivity index (χ3v) is 5.21. The molecule has 2 heterocycles. The molecule has 3 aromatic rings. The summed E-state index contributed by atoms with van der Waals surface area (Å²) in [7, 11) is 0. The van der Waals surface area contributed by atoms with Crippen molar-refractivity contribution in [2.75, 3.05) is 6.54 Å². The van der Waals surface area contributed by atoms with E-state index in [1.165, 1.54) is 0 Å². The second kappa shape index (κ2) is 8.41. The van der Waals surface area contributed by atoms with Crippen molar-refractivity contribution in [1.82, 2.24) is 28.6 Å². The van der Waals surface area contributed by atoms with Crippen LogP contribution in [-0.4, -0.2) is 41.1 Å². The predicted molar refractivity (Wildman–Crippen MR) is 105 cm³/mol. The topological polar surface area (TPSA) is 76.8 Å². The van der Waals surface area contributed by atoms with Crippen LogP contribution in [0.25, 0.3) is 0 Å². The predicted octanol–water partition coefficient (Wildman–Crippen LogP) is 3.28. The molecule has 0 bridgehead atoms. The Hall–Kier alpha value is -2.58. The second-order valence-electron chi connectivity index (χ2n) is 6.04. The van der Waals surface area contributed by atoms with E-state index >= 15 is 0 Å². The van der Waals surface area contributed by atoms with Crippen molar-refractivity contribution < 1.29 is 4.79 Å². The number of aryl methyl sites for hydroxylation is 1. The summed E-state index contributed by atoms with van der Waals surface area (Å²) in [6.07, 6.45) is 1.68. The molecule has 9 heteroatoms. The SMILES string of the molecule is C=CCN(Cc1ccccc1Cl)C(=O)c1nnn(Cc2nsnc2C)c1C. The summed E-state index contributed by atoms with van der Waals surface area (Å²) < 4.78 is 10.1. The van der Waals surface area contributed by atoms with E-state index in [-0.39, 0.29) is 5.91 Å². The largest absolute Gasteiger partial charge is 0.329 e. The highest BCUT2D eigenvalue weighted by molar-refractivity contribution is 6.99. The average molecular weight is 403 g/mol. The van der Waals surface area contributed by atoms with Gasteiger partial charge >= 0.3 is 0 Å². The Bertz CT molecular complexity index is 966. The van der Waals surface area contributed by atoms with E-state index in [1.54, 1.807) is 21.7 Å². The summed E-state index contributed by atoms with van der Waals surface area (Å²) in [6.45, 7) is 8.64. The molecule has 1 aromatic carbocycles. The highest BCUT2D eigenvalue weighted by Crippen LogP contribution is 2.19. The number of benzene rings is 1. The molecule has 27 heavy (non-hydrogen) atoms. The van der Waals surface area contributed by atoms with Crippen molar-refractivity contribution >= 4 is 29.2 Å². The van der Waals surface area contributed by atoms with Crippen molar-refractivity contribution in [1.29, 1.82) is 0 Å². The van der Waals surface area contributed by atoms with Crippen LogP contribution < -0.4 is 0 Å². The molecule has 0 saturated carbocycles. The molecule has 1 amide bonds. The molecular formula is C18H19ClN6OS. The lowest BCUT2D eigenvalue weighted by Gasteiger charge is -2.21. The van der Waals surface area contributed by atoms with Gasteiger partial charge in [0.05, 0.1) is 35.4 Å². The van der Waals surface area contributed by atoms with Crippen LogP contribution in [0.3, 0.4) is 0 Å². The fourth-order valence-corrected chi connectivity index (χ4v) is 3.35. The Labute approximate surface area is 166 Å². The maximum atomic E-state index is 13.0. The van der Waals surface area contributed by atoms with Gasteiger partial charge in [0.2, 0.25) is 0 Å². The van der Waals surface area contributed by atoms with Crippen LogP contribution in [0.1, 0.15) is 33.1 Å². The van der Waals surface area contributed by atoms with Crippen LogP contribution in [0.2, 0.25) is 5.02 Å². The van der Waals surface area contributed by atoms with E-state index in [1.807, 2.05) is 32.0 Å². The van der Waals surface area contributed by atoms with Crippen LogP contribution >= 0.6 is 23.3 Å². The Balaban J connectivity index is 1.83. The Morgan fingerprint density at radius 2 is 2.11 bits per heavy atom. The lowest BCUT2D eigenvalue weighted by molar-refractivity contribution is 0.0756. The molecule has 0 radical (unpaired) electrons. The van der Waals surface area contributed by atoms with Crippen LogP contribution in [0.5, 0.6) is 0 Å². The molecular weight excluding hydrogens is 384 g/mol. The third-order valence-electron chi connectivity index (χ3n) is 4.19. The lowest BCUT2D eigenvalue weighted by atomic mass is 10.2. The fourth-order valence-electron chi connectivity index (χ4n) is 2.60. The van der Waals surface area contributed by atoms with Gasteiger partial charge in [0.25, 0.3) is 5.91 Å². The first-order valence-electron chi connectivity index (χ1n) is 8.33. The molecule has 0 atom stereocenters. The zero-order valence-corrected chi connectivity index (χ0v) is 16.7. The molecule has 0 saturated heterocycles. The van der Waals surface area contributed by atoms with E-state index < -0.39 is 0 Å². The summed E-state index contributed by atoms with van der Waals surface area (Å²) in [5.74, 6) is -0.216. The Morgan fingerprint density at radius 1 is 1.33 bits per heavy atom. The van der Waals surface area contributed by atoms with Gasteiger partial charge in [0.15, 0.2) is 5.69 Å². The summed E-state index contributed by atoms with van der Waals surface area (Å²) in [6, 6.07) is 7.45. The molecule has 3 rings (SSSR count). The first kappa shape index (κ1) is 19.2. The average Bonchev–Trinajstić information content (AvgIpc) is 3.22. The van der Waals surface area contributed by atoms with Gasteiger partial charge in [-0.1, -0.05) is 41.1 Å². The number of nitrogens with zero attached hydrogens (tertiary/aromatic N) is 6. The van der Waals surface area contributed by atoms with Gasteiger partial charge < -0.3 is 4.90 Å². The monoisotopic (exact) mass is 402 g/mol. The molecule has 0 aliphatic heterocycles. The first-order valence-corrected chi connectivity index (χ1v) is 9.43. The smallest absolute Gasteiger partial charge is 0.276 e.